The SMILES string of the molecule is CN1CC[C@H]2Nc3cccc4c3cc(n4CC(F)(F)F)C#CCNc3cccc(c3)OCCOCCOCC[C@H]2C1. The van der Waals surface area contributed by atoms with E-state index in [9.17, 15) is 13.2 Å². The lowest BCUT2D eigenvalue weighted by atomic mass is 9.89. The molecule has 0 aliphatic carbocycles. The molecule has 1 saturated heterocycles. The van der Waals surface area contributed by atoms with E-state index in [0.29, 0.717) is 55.9 Å². The zero-order valence-corrected chi connectivity index (χ0v) is 23.3. The van der Waals surface area contributed by atoms with Crippen LogP contribution in [0, 0.1) is 17.8 Å². The Bertz CT molecular complexity index is 1360. The number of rotatable bonds is 1. The maximum Gasteiger partial charge on any atom is 0.406 e. The normalized spacial score (nSPS) is 21.6. The molecular weight excluding hydrogens is 533 g/mol. The summed E-state index contributed by atoms with van der Waals surface area (Å²) in [6.07, 6.45) is -2.57. The Hall–Kier alpha value is -3.39. The Morgan fingerprint density at radius 1 is 0.976 bits per heavy atom. The number of ether oxygens (including phenoxy) is 3. The molecule has 0 unspecified atom stereocenters. The van der Waals surface area contributed by atoms with Crippen LogP contribution in [0.2, 0.25) is 0 Å². The monoisotopic (exact) mass is 570 g/mol. The van der Waals surface area contributed by atoms with Crippen LogP contribution in [0.25, 0.3) is 10.9 Å². The molecule has 41 heavy (non-hydrogen) atoms. The van der Waals surface area contributed by atoms with Crippen molar-refractivity contribution in [3.8, 4) is 17.6 Å². The molecule has 0 spiro atoms. The zero-order chi connectivity index (χ0) is 28.7. The van der Waals surface area contributed by atoms with Gasteiger partial charge >= 0.3 is 6.18 Å². The van der Waals surface area contributed by atoms with E-state index in [0.717, 1.165) is 42.7 Å². The predicted molar refractivity (Wildman–Crippen MR) is 155 cm³/mol. The van der Waals surface area contributed by atoms with Crippen LogP contribution >= 0.6 is 0 Å². The molecule has 0 radical (unpaired) electrons. The lowest BCUT2D eigenvalue weighted by Gasteiger charge is -2.38. The molecule has 3 heterocycles. The third-order valence-electron chi connectivity index (χ3n) is 7.49. The van der Waals surface area contributed by atoms with Gasteiger partial charge in [0.1, 0.15) is 18.9 Å². The van der Waals surface area contributed by atoms with E-state index in [1.807, 2.05) is 36.4 Å². The second kappa shape index (κ2) is 13.5. The maximum atomic E-state index is 13.6. The van der Waals surface area contributed by atoms with Crippen molar-refractivity contribution in [1.82, 2.24) is 9.47 Å². The quantitative estimate of drug-likeness (QED) is 0.392. The van der Waals surface area contributed by atoms with Gasteiger partial charge in [-0.3, -0.25) is 0 Å². The van der Waals surface area contributed by atoms with Gasteiger partial charge in [0.2, 0.25) is 0 Å². The Labute approximate surface area is 238 Å². The number of hydrogen-bond donors (Lipinski definition) is 2. The van der Waals surface area contributed by atoms with Crippen molar-refractivity contribution in [2.75, 3.05) is 70.3 Å². The zero-order valence-electron chi connectivity index (χ0n) is 23.3. The van der Waals surface area contributed by atoms with Crippen LogP contribution in [-0.4, -0.2) is 81.4 Å². The van der Waals surface area contributed by atoms with Gasteiger partial charge in [0.25, 0.3) is 0 Å². The standard InChI is InChI=1S/C31H37F3N4O3/c1-37-13-10-28-23(21-37)11-14-39-15-16-40-17-18-41-26-7-2-5-24(19-26)35-12-4-6-25-20-27-29(36-28)8-3-9-30(27)38(25)22-31(32,33)34/h2-3,5,7-9,19-20,23,28,35-36H,10-18,21-22H2,1H3/t23-,28+/m0/s1. The topological polar surface area (TPSA) is 59.9 Å². The molecule has 4 bridgehead atoms. The fourth-order valence-corrected chi connectivity index (χ4v) is 5.51. The number of likely N-dealkylation sites (tertiary alicyclic amines) is 1. The lowest BCUT2D eigenvalue weighted by molar-refractivity contribution is -0.140. The van der Waals surface area contributed by atoms with Gasteiger partial charge in [0.05, 0.1) is 37.6 Å². The molecule has 5 rings (SSSR count). The molecule has 2 N–H and O–H groups in total. The summed E-state index contributed by atoms with van der Waals surface area (Å²) in [4.78, 5) is 2.32. The van der Waals surface area contributed by atoms with Crippen LogP contribution in [0.4, 0.5) is 24.5 Å². The van der Waals surface area contributed by atoms with Gasteiger partial charge in [0, 0.05) is 42.0 Å². The average Bonchev–Trinajstić information content (AvgIpc) is 3.28. The van der Waals surface area contributed by atoms with Crippen molar-refractivity contribution in [2.24, 2.45) is 5.92 Å². The first kappa shape index (κ1) is 29.1. The van der Waals surface area contributed by atoms with E-state index in [1.165, 1.54) is 4.57 Å². The summed E-state index contributed by atoms with van der Waals surface area (Å²) in [6, 6.07) is 14.9. The number of fused-ring (bicyclic) bond motifs is 4. The van der Waals surface area contributed by atoms with E-state index in [1.54, 1.807) is 12.1 Å². The number of hydrogen-bond acceptors (Lipinski definition) is 6. The number of benzene rings is 2. The van der Waals surface area contributed by atoms with E-state index < -0.39 is 12.7 Å². The van der Waals surface area contributed by atoms with Crippen LogP contribution in [0.1, 0.15) is 18.5 Å². The van der Waals surface area contributed by atoms with Gasteiger partial charge < -0.3 is 34.3 Å². The summed E-state index contributed by atoms with van der Waals surface area (Å²) in [6.45, 7) is 3.52. The number of halogens is 3. The van der Waals surface area contributed by atoms with Crippen molar-refractivity contribution < 1.29 is 27.4 Å². The summed E-state index contributed by atoms with van der Waals surface area (Å²) >= 11 is 0. The Balaban J connectivity index is 1.45. The summed E-state index contributed by atoms with van der Waals surface area (Å²) in [5.41, 5.74) is 2.47. The fraction of sp³-hybridized carbons (Fsp3) is 0.484. The van der Waals surface area contributed by atoms with Gasteiger partial charge in [0.15, 0.2) is 0 Å². The molecule has 2 aliphatic rings. The van der Waals surface area contributed by atoms with E-state index in [-0.39, 0.29) is 12.6 Å². The first-order valence-electron chi connectivity index (χ1n) is 14.1. The Morgan fingerprint density at radius 2 is 1.78 bits per heavy atom. The molecule has 0 amide bonds. The van der Waals surface area contributed by atoms with Crippen molar-refractivity contribution >= 4 is 22.3 Å². The van der Waals surface area contributed by atoms with Crippen molar-refractivity contribution in [2.45, 2.75) is 31.6 Å². The minimum Gasteiger partial charge on any atom is -0.491 e. The van der Waals surface area contributed by atoms with Crippen LogP contribution in [-0.2, 0) is 16.0 Å². The van der Waals surface area contributed by atoms with E-state index in [4.69, 9.17) is 14.2 Å². The maximum absolute atomic E-state index is 13.6. The molecule has 1 aromatic heterocycles. The van der Waals surface area contributed by atoms with Crippen LogP contribution in [0.3, 0.4) is 0 Å². The largest absolute Gasteiger partial charge is 0.491 e. The molecule has 10 heteroatoms. The summed E-state index contributed by atoms with van der Waals surface area (Å²) < 4.78 is 59.5. The second-order valence-corrected chi connectivity index (χ2v) is 10.6. The highest BCUT2D eigenvalue weighted by Gasteiger charge is 2.31. The van der Waals surface area contributed by atoms with Crippen molar-refractivity contribution in [3.05, 3.63) is 54.2 Å². The number of anilines is 2. The smallest absolute Gasteiger partial charge is 0.406 e. The van der Waals surface area contributed by atoms with Crippen molar-refractivity contribution in [1.29, 1.82) is 0 Å². The fourth-order valence-electron chi connectivity index (χ4n) is 5.51. The molecule has 220 valence electrons. The molecule has 0 saturated carbocycles. The molecule has 7 nitrogen and oxygen atoms in total. The molecule has 3 aromatic rings. The molecule has 2 aliphatic heterocycles. The second-order valence-electron chi connectivity index (χ2n) is 10.6. The van der Waals surface area contributed by atoms with Crippen LogP contribution < -0.4 is 15.4 Å². The first-order valence-corrected chi connectivity index (χ1v) is 14.1. The highest BCUT2D eigenvalue weighted by atomic mass is 19.4. The number of nitrogens with one attached hydrogen (secondary N) is 2. The van der Waals surface area contributed by atoms with E-state index in [2.05, 4.69) is 34.4 Å². The third-order valence-corrected chi connectivity index (χ3v) is 7.49. The Kier molecular flexibility index (Phi) is 9.60. The van der Waals surface area contributed by atoms with Gasteiger partial charge in [-0.15, -0.1) is 0 Å². The predicted octanol–water partition coefficient (Wildman–Crippen LogP) is 5.22. The average molecular weight is 571 g/mol. The summed E-state index contributed by atoms with van der Waals surface area (Å²) in [5, 5.41) is 7.63. The molecular formula is C31H37F3N4O3. The lowest BCUT2D eigenvalue weighted by Crippen LogP contribution is -2.45. The van der Waals surface area contributed by atoms with Crippen LogP contribution in [0.5, 0.6) is 5.75 Å². The minimum absolute atomic E-state index is 0.176. The molecule has 1 fully saturated rings. The van der Waals surface area contributed by atoms with Gasteiger partial charge in [-0.25, -0.2) is 0 Å². The summed E-state index contributed by atoms with van der Waals surface area (Å²) in [5.74, 6) is 7.01. The summed E-state index contributed by atoms with van der Waals surface area (Å²) in [7, 11) is 2.12. The number of alkyl halides is 3. The molecule has 2 atom stereocenters. The Morgan fingerprint density at radius 3 is 2.63 bits per heavy atom. The van der Waals surface area contributed by atoms with Gasteiger partial charge in [-0.05, 0) is 68.6 Å². The first-order chi connectivity index (χ1) is 19.9. The minimum atomic E-state index is -4.38. The highest BCUT2D eigenvalue weighted by Crippen LogP contribution is 2.32. The number of aromatic nitrogens is 1. The number of piperidine rings is 1. The van der Waals surface area contributed by atoms with Crippen LogP contribution in [0.15, 0.2) is 48.5 Å². The highest BCUT2D eigenvalue weighted by molar-refractivity contribution is 5.94. The van der Waals surface area contributed by atoms with E-state index >= 15 is 0 Å². The van der Waals surface area contributed by atoms with Gasteiger partial charge in [-0.2, -0.15) is 13.2 Å². The third kappa shape index (κ3) is 8.09. The number of nitrogens with zero attached hydrogens (tertiary/aromatic N) is 2. The van der Waals surface area contributed by atoms with Crippen molar-refractivity contribution in [3.63, 3.8) is 0 Å². The van der Waals surface area contributed by atoms with Gasteiger partial charge in [-0.1, -0.05) is 18.1 Å². The molecule has 2 aromatic carbocycles.